The molecule has 31 heavy (non-hydrogen) atoms. The molecule has 0 atom stereocenters. The number of aryl methyl sites for hydroxylation is 1. The van der Waals surface area contributed by atoms with Crippen molar-refractivity contribution in [3.8, 4) is 23.1 Å². The topological polar surface area (TPSA) is 94.2 Å². The number of carbonyl (C=O) groups is 1. The van der Waals surface area contributed by atoms with E-state index in [2.05, 4.69) is 9.98 Å². The maximum Gasteiger partial charge on any atom is 0.340 e. The summed E-state index contributed by atoms with van der Waals surface area (Å²) in [6.45, 7) is 1.95. The summed E-state index contributed by atoms with van der Waals surface area (Å²) in [5.74, 6) is 0.0377. The van der Waals surface area contributed by atoms with Crippen LogP contribution in [-0.2, 0) is 16.0 Å². The van der Waals surface area contributed by atoms with Crippen LogP contribution in [0.4, 0.5) is 5.69 Å². The smallest absolute Gasteiger partial charge is 0.340 e. The first kappa shape index (κ1) is 20.4. The Balaban J connectivity index is 1.76. The quantitative estimate of drug-likeness (QED) is 0.460. The molecule has 0 bridgehead atoms. The molecule has 2 aromatic carbocycles. The Morgan fingerprint density at radius 1 is 1.19 bits per heavy atom. The lowest BCUT2D eigenvalue weighted by Gasteiger charge is -2.17. The summed E-state index contributed by atoms with van der Waals surface area (Å²) in [6, 6.07) is 14.9. The summed E-state index contributed by atoms with van der Waals surface area (Å²) in [7, 11) is 1.59. The van der Waals surface area contributed by atoms with E-state index in [4.69, 9.17) is 13.9 Å². The van der Waals surface area contributed by atoms with Gasteiger partial charge in [0.2, 0.25) is 5.89 Å². The van der Waals surface area contributed by atoms with Gasteiger partial charge in [0.05, 0.1) is 30.7 Å². The van der Waals surface area contributed by atoms with Gasteiger partial charge in [-0.1, -0.05) is 24.3 Å². The average molecular weight is 418 g/mol. The van der Waals surface area contributed by atoms with E-state index in [9.17, 15) is 9.90 Å². The zero-order chi connectivity index (χ0) is 21.8. The van der Waals surface area contributed by atoms with Crippen LogP contribution in [0.1, 0.15) is 24.6 Å². The van der Waals surface area contributed by atoms with Gasteiger partial charge in [0.25, 0.3) is 0 Å². The normalized spacial score (nSPS) is 13.4. The monoisotopic (exact) mass is 418 g/mol. The SMILES string of the molecule is CCOC(=O)/C(=C\c1nc(-c2ccccc2)oc1O)C1=Nc2cc(OC)ccc2CC1. The van der Waals surface area contributed by atoms with Gasteiger partial charge in [0.15, 0.2) is 0 Å². The molecule has 1 aromatic heterocycles. The number of fused-ring (bicyclic) bond motifs is 1. The molecular formula is C24H22N2O5. The Hall–Kier alpha value is -3.87. The first-order valence-corrected chi connectivity index (χ1v) is 9.98. The number of rotatable bonds is 6. The molecule has 0 saturated heterocycles. The van der Waals surface area contributed by atoms with Gasteiger partial charge in [0, 0.05) is 11.6 Å². The standard InChI is InChI=1S/C24H22N2O5/c1-3-30-23(27)18(19-12-10-15-9-11-17(29-2)13-20(15)25-19)14-21-24(28)31-22(26-21)16-7-5-4-6-8-16/h4-9,11,13-14,28H,3,10,12H2,1-2H3/b18-14-. The number of aromatic hydroxyl groups is 1. The van der Waals surface area contributed by atoms with Crippen LogP contribution in [0.2, 0.25) is 0 Å². The Morgan fingerprint density at radius 3 is 2.74 bits per heavy atom. The molecule has 0 spiro atoms. The van der Waals surface area contributed by atoms with Crippen molar-refractivity contribution in [3.05, 3.63) is 65.4 Å². The van der Waals surface area contributed by atoms with Gasteiger partial charge in [-0.15, -0.1) is 0 Å². The number of hydrogen-bond donors (Lipinski definition) is 1. The third-order valence-corrected chi connectivity index (χ3v) is 4.92. The van der Waals surface area contributed by atoms with Crippen LogP contribution in [-0.4, -0.2) is 35.5 Å². The lowest BCUT2D eigenvalue weighted by Crippen LogP contribution is -2.18. The fourth-order valence-corrected chi connectivity index (χ4v) is 3.36. The summed E-state index contributed by atoms with van der Waals surface area (Å²) >= 11 is 0. The van der Waals surface area contributed by atoms with Crippen LogP contribution in [0.5, 0.6) is 11.7 Å². The zero-order valence-corrected chi connectivity index (χ0v) is 17.3. The molecule has 0 fully saturated rings. The second-order valence-corrected chi connectivity index (χ2v) is 6.91. The van der Waals surface area contributed by atoms with Crippen LogP contribution in [0.3, 0.4) is 0 Å². The molecule has 0 aliphatic carbocycles. The highest BCUT2D eigenvalue weighted by molar-refractivity contribution is 6.24. The minimum Gasteiger partial charge on any atom is -0.497 e. The van der Waals surface area contributed by atoms with E-state index in [1.807, 2.05) is 48.5 Å². The Morgan fingerprint density at radius 2 is 2.00 bits per heavy atom. The summed E-state index contributed by atoms with van der Waals surface area (Å²) < 4.78 is 15.9. The molecule has 2 heterocycles. The number of nitrogens with zero attached hydrogens (tertiary/aromatic N) is 2. The van der Waals surface area contributed by atoms with E-state index in [-0.39, 0.29) is 29.7 Å². The van der Waals surface area contributed by atoms with Gasteiger partial charge in [-0.05, 0) is 49.6 Å². The number of benzene rings is 2. The molecule has 0 saturated carbocycles. The fourth-order valence-electron chi connectivity index (χ4n) is 3.36. The van der Waals surface area contributed by atoms with Crippen LogP contribution < -0.4 is 4.74 Å². The van der Waals surface area contributed by atoms with Crippen LogP contribution in [0.15, 0.2) is 63.5 Å². The van der Waals surface area contributed by atoms with Gasteiger partial charge in [-0.3, -0.25) is 4.99 Å². The zero-order valence-electron chi connectivity index (χ0n) is 17.3. The van der Waals surface area contributed by atoms with E-state index in [1.165, 1.54) is 6.08 Å². The molecule has 1 aliphatic heterocycles. The molecule has 0 amide bonds. The average Bonchev–Trinajstić information content (AvgIpc) is 3.17. The minimum atomic E-state index is -0.531. The number of hydrogen-bond acceptors (Lipinski definition) is 7. The molecular weight excluding hydrogens is 396 g/mol. The first-order valence-electron chi connectivity index (χ1n) is 9.98. The Bertz CT molecular complexity index is 1160. The Kier molecular flexibility index (Phi) is 5.84. The summed E-state index contributed by atoms with van der Waals surface area (Å²) in [6.07, 6.45) is 2.73. The lowest BCUT2D eigenvalue weighted by molar-refractivity contribution is -0.137. The summed E-state index contributed by atoms with van der Waals surface area (Å²) in [4.78, 5) is 21.8. The second-order valence-electron chi connectivity index (χ2n) is 6.91. The second kappa shape index (κ2) is 8.87. The summed E-state index contributed by atoms with van der Waals surface area (Å²) in [5.41, 5.74) is 3.46. The highest BCUT2D eigenvalue weighted by atomic mass is 16.5. The van der Waals surface area contributed by atoms with Gasteiger partial charge in [-0.2, -0.15) is 0 Å². The van der Waals surface area contributed by atoms with E-state index in [0.29, 0.717) is 23.4 Å². The Labute approximate surface area is 179 Å². The molecule has 1 aliphatic rings. The largest absolute Gasteiger partial charge is 0.497 e. The third-order valence-electron chi connectivity index (χ3n) is 4.92. The molecule has 0 radical (unpaired) electrons. The molecule has 1 N–H and O–H groups in total. The predicted octanol–water partition coefficient (Wildman–Crippen LogP) is 4.72. The lowest BCUT2D eigenvalue weighted by atomic mass is 9.96. The predicted molar refractivity (Wildman–Crippen MR) is 117 cm³/mol. The third kappa shape index (κ3) is 4.35. The van der Waals surface area contributed by atoms with E-state index < -0.39 is 5.97 Å². The highest BCUT2D eigenvalue weighted by Gasteiger charge is 2.24. The number of esters is 1. The number of oxazole rings is 1. The number of carbonyl (C=O) groups excluding carboxylic acids is 1. The van der Waals surface area contributed by atoms with Crippen molar-refractivity contribution < 1.29 is 23.8 Å². The van der Waals surface area contributed by atoms with Gasteiger partial charge < -0.3 is 19.0 Å². The maximum atomic E-state index is 12.7. The van der Waals surface area contributed by atoms with Crippen molar-refractivity contribution in [3.63, 3.8) is 0 Å². The molecule has 7 nitrogen and oxygen atoms in total. The van der Waals surface area contributed by atoms with Crippen molar-refractivity contribution in [1.29, 1.82) is 0 Å². The first-order chi connectivity index (χ1) is 15.1. The van der Waals surface area contributed by atoms with Crippen molar-refractivity contribution in [2.75, 3.05) is 13.7 Å². The van der Waals surface area contributed by atoms with Crippen molar-refractivity contribution in [2.24, 2.45) is 4.99 Å². The number of aliphatic imine (C=N–C) groups is 1. The van der Waals surface area contributed by atoms with Crippen molar-refractivity contribution in [2.45, 2.75) is 19.8 Å². The van der Waals surface area contributed by atoms with E-state index >= 15 is 0 Å². The van der Waals surface area contributed by atoms with Crippen molar-refractivity contribution >= 4 is 23.4 Å². The number of aromatic nitrogens is 1. The molecule has 7 heteroatoms. The molecule has 0 unspecified atom stereocenters. The molecule has 3 aromatic rings. The van der Waals surface area contributed by atoms with Crippen LogP contribution in [0, 0.1) is 0 Å². The molecule has 158 valence electrons. The minimum absolute atomic E-state index is 0.140. The summed E-state index contributed by atoms with van der Waals surface area (Å²) in [5, 5.41) is 10.3. The molecule has 4 rings (SSSR count). The van der Waals surface area contributed by atoms with Crippen molar-refractivity contribution in [1.82, 2.24) is 4.98 Å². The van der Waals surface area contributed by atoms with Crippen LogP contribution in [0.25, 0.3) is 17.5 Å². The fraction of sp³-hybridized carbons (Fsp3) is 0.208. The highest BCUT2D eigenvalue weighted by Crippen LogP contribution is 2.33. The number of methoxy groups -OCH3 is 1. The van der Waals surface area contributed by atoms with E-state index in [0.717, 1.165) is 17.7 Å². The maximum absolute atomic E-state index is 12.7. The van der Waals surface area contributed by atoms with E-state index in [1.54, 1.807) is 14.0 Å². The van der Waals surface area contributed by atoms with Crippen LogP contribution >= 0.6 is 0 Å². The van der Waals surface area contributed by atoms with Gasteiger partial charge in [-0.25, -0.2) is 9.78 Å². The van der Waals surface area contributed by atoms with Gasteiger partial charge in [0.1, 0.15) is 11.4 Å². The van der Waals surface area contributed by atoms with Gasteiger partial charge >= 0.3 is 11.9 Å². The number of ether oxygens (including phenoxy) is 2.